The minimum atomic E-state index is -0.403. The monoisotopic (exact) mass is 447 g/mol. The molecule has 0 spiro atoms. The fourth-order valence-corrected chi connectivity index (χ4v) is 4.38. The summed E-state index contributed by atoms with van der Waals surface area (Å²) in [6, 6.07) is 15.6. The number of benzene rings is 2. The summed E-state index contributed by atoms with van der Waals surface area (Å²) in [6.45, 7) is 3.72. The van der Waals surface area contributed by atoms with Gasteiger partial charge >= 0.3 is 5.69 Å². The number of carbonyl (C=O) groups is 1. The molecule has 1 fully saturated rings. The minimum absolute atomic E-state index is 0.0472. The summed E-state index contributed by atoms with van der Waals surface area (Å²) in [5.41, 5.74) is 4.23. The molecule has 1 heterocycles. The van der Waals surface area contributed by atoms with Crippen LogP contribution in [-0.2, 0) is 6.54 Å². The maximum Gasteiger partial charge on any atom is 0.312 e. The molecule has 0 aliphatic heterocycles. The van der Waals surface area contributed by atoms with E-state index in [1.54, 1.807) is 30.7 Å². The molecule has 1 aromatic heterocycles. The van der Waals surface area contributed by atoms with Gasteiger partial charge in [-0.05, 0) is 68.7 Å². The first-order valence-corrected chi connectivity index (χ1v) is 11.4. The van der Waals surface area contributed by atoms with Crippen LogP contribution in [0.15, 0.2) is 48.5 Å². The van der Waals surface area contributed by atoms with Crippen molar-refractivity contribution >= 4 is 23.0 Å². The number of amides is 1. The van der Waals surface area contributed by atoms with E-state index in [0.29, 0.717) is 29.5 Å². The predicted molar refractivity (Wildman–Crippen MR) is 129 cm³/mol. The molecule has 4 rings (SSSR count). The largest absolute Gasteiger partial charge is 0.382 e. The molecule has 8 nitrogen and oxygen atoms in total. The molecule has 0 radical (unpaired) electrons. The number of nitrogens with one attached hydrogen (secondary N) is 2. The highest BCUT2D eigenvalue weighted by molar-refractivity contribution is 6.04. The van der Waals surface area contributed by atoms with Gasteiger partial charge in [0, 0.05) is 23.0 Å². The first-order chi connectivity index (χ1) is 15.9. The normalized spacial score (nSPS) is 14.1. The molecule has 1 aliphatic rings. The molecule has 1 saturated carbocycles. The van der Waals surface area contributed by atoms with Crippen LogP contribution in [0.4, 0.5) is 17.1 Å². The summed E-state index contributed by atoms with van der Waals surface area (Å²) >= 11 is 0. The third-order valence-electron chi connectivity index (χ3n) is 6.19. The number of nitrogens with zero attached hydrogens (tertiary/aromatic N) is 3. The number of aryl methyl sites for hydroxylation is 1. The SMILES string of the molecule is Cc1nn(Cc2ccc(C(=O)Nc3ccc(NC4CCCCC4)cc3)cc2)c(C)c1[N+](=O)[O-]. The van der Waals surface area contributed by atoms with Crippen LogP contribution in [0, 0.1) is 24.0 Å². The first-order valence-electron chi connectivity index (χ1n) is 11.4. The molecule has 33 heavy (non-hydrogen) atoms. The van der Waals surface area contributed by atoms with Crippen molar-refractivity contribution in [2.24, 2.45) is 0 Å². The molecule has 1 aliphatic carbocycles. The van der Waals surface area contributed by atoms with Crippen LogP contribution in [0.1, 0.15) is 59.4 Å². The summed E-state index contributed by atoms with van der Waals surface area (Å²) in [6.07, 6.45) is 6.32. The number of anilines is 2. The average Bonchev–Trinajstić information content (AvgIpc) is 3.09. The van der Waals surface area contributed by atoms with Crippen LogP contribution < -0.4 is 10.6 Å². The van der Waals surface area contributed by atoms with E-state index in [1.807, 2.05) is 36.4 Å². The lowest BCUT2D eigenvalue weighted by atomic mass is 9.95. The summed E-state index contributed by atoms with van der Waals surface area (Å²) < 4.78 is 1.62. The Morgan fingerprint density at radius 3 is 2.27 bits per heavy atom. The molecule has 0 bridgehead atoms. The van der Waals surface area contributed by atoms with Crippen molar-refractivity contribution in [3.63, 3.8) is 0 Å². The predicted octanol–water partition coefficient (Wildman–Crippen LogP) is 5.45. The van der Waals surface area contributed by atoms with Crippen molar-refractivity contribution < 1.29 is 9.72 Å². The van der Waals surface area contributed by atoms with Gasteiger partial charge in [0.2, 0.25) is 0 Å². The summed E-state index contributed by atoms with van der Waals surface area (Å²) in [5.74, 6) is -0.184. The van der Waals surface area contributed by atoms with Crippen LogP contribution in [0.3, 0.4) is 0 Å². The Balaban J connectivity index is 1.35. The van der Waals surface area contributed by atoms with Crippen LogP contribution >= 0.6 is 0 Å². The highest BCUT2D eigenvalue weighted by atomic mass is 16.6. The van der Waals surface area contributed by atoms with Crippen molar-refractivity contribution in [3.05, 3.63) is 81.2 Å². The Bertz CT molecular complexity index is 1130. The molecule has 2 aromatic carbocycles. The van der Waals surface area contributed by atoms with Gasteiger partial charge in [-0.2, -0.15) is 5.10 Å². The summed E-state index contributed by atoms with van der Waals surface area (Å²) in [7, 11) is 0. The van der Waals surface area contributed by atoms with Crippen molar-refractivity contribution in [1.82, 2.24) is 9.78 Å². The topological polar surface area (TPSA) is 102 Å². The van der Waals surface area contributed by atoms with Crippen molar-refractivity contribution in [1.29, 1.82) is 0 Å². The molecule has 3 aromatic rings. The average molecular weight is 448 g/mol. The van der Waals surface area contributed by atoms with Gasteiger partial charge in [-0.15, -0.1) is 0 Å². The molecule has 2 N–H and O–H groups in total. The third kappa shape index (κ3) is 5.39. The van der Waals surface area contributed by atoms with Crippen LogP contribution in [0.25, 0.3) is 0 Å². The zero-order chi connectivity index (χ0) is 23.4. The maximum absolute atomic E-state index is 12.6. The zero-order valence-electron chi connectivity index (χ0n) is 19.0. The molecule has 0 unspecified atom stereocenters. The third-order valence-corrected chi connectivity index (χ3v) is 6.19. The molecular formula is C25H29N5O3. The van der Waals surface area contributed by atoms with Crippen LogP contribution in [-0.4, -0.2) is 26.7 Å². The minimum Gasteiger partial charge on any atom is -0.382 e. The second kappa shape index (κ2) is 9.85. The zero-order valence-corrected chi connectivity index (χ0v) is 19.0. The second-order valence-electron chi connectivity index (χ2n) is 8.64. The Morgan fingerprint density at radius 2 is 1.67 bits per heavy atom. The number of hydrogen-bond donors (Lipinski definition) is 2. The Kier molecular flexibility index (Phi) is 6.72. The lowest BCUT2D eigenvalue weighted by molar-refractivity contribution is -0.386. The quantitative estimate of drug-likeness (QED) is 0.370. The molecule has 1 amide bonds. The van der Waals surface area contributed by atoms with Gasteiger partial charge in [-0.3, -0.25) is 19.6 Å². The van der Waals surface area contributed by atoms with Gasteiger partial charge in [-0.1, -0.05) is 31.4 Å². The number of carbonyl (C=O) groups excluding carboxylic acids is 1. The fraction of sp³-hybridized carbons (Fsp3) is 0.360. The smallest absolute Gasteiger partial charge is 0.312 e. The van der Waals surface area contributed by atoms with E-state index < -0.39 is 4.92 Å². The first kappa shape index (κ1) is 22.5. The fourth-order valence-electron chi connectivity index (χ4n) is 4.38. The van der Waals surface area contributed by atoms with Crippen LogP contribution in [0.5, 0.6) is 0 Å². The molecule has 8 heteroatoms. The lowest BCUT2D eigenvalue weighted by Crippen LogP contribution is -2.22. The van der Waals surface area contributed by atoms with Crippen molar-refractivity contribution in [2.75, 3.05) is 10.6 Å². The second-order valence-corrected chi connectivity index (χ2v) is 8.64. The van der Waals surface area contributed by atoms with E-state index in [1.165, 1.54) is 32.1 Å². The van der Waals surface area contributed by atoms with Gasteiger partial charge in [-0.25, -0.2) is 0 Å². The summed E-state index contributed by atoms with van der Waals surface area (Å²) in [5, 5.41) is 22.0. The highest BCUT2D eigenvalue weighted by Crippen LogP contribution is 2.24. The van der Waals surface area contributed by atoms with Gasteiger partial charge in [0.15, 0.2) is 0 Å². The van der Waals surface area contributed by atoms with E-state index in [4.69, 9.17) is 0 Å². The maximum atomic E-state index is 12.6. The number of nitro groups is 1. The number of hydrogen-bond acceptors (Lipinski definition) is 5. The van der Waals surface area contributed by atoms with Gasteiger partial charge in [0.25, 0.3) is 5.91 Å². The Morgan fingerprint density at radius 1 is 1.03 bits per heavy atom. The van der Waals surface area contributed by atoms with E-state index in [2.05, 4.69) is 15.7 Å². The number of rotatable bonds is 7. The highest BCUT2D eigenvalue weighted by Gasteiger charge is 2.21. The lowest BCUT2D eigenvalue weighted by Gasteiger charge is -2.23. The van der Waals surface area contributed by atoms with E-state index in [0.717, 1.165) is 16.9 Å². The van der Waals surface area contributed by atoms with Gasteiger partial charge < -0.3 is 10.6 Å². The van der Waals surface area contributed by atoms with Crippen molar-refractivity contribution in [2.45, 2.75) is 58.5 Å². The molecular weight excluding hydrogens is 418 g/mol. The summed E-state index contributed by atoms with van der Waals surface area (Å²) in [4.78, 5) is 23.4. The van der Waals surface area contributed by atoms with E-state index in [9.17, 15) is 14.9 Å². The Hall–Kier alpha value is -3.68. The molecule has 0 saturated heterocycles. The van der Waals surface area contributed by atoms with Gasteiger partial charge in [0.05, 0.1) is 11.5 Å². The molecule has 172 valence electrons. The van der Waals surface area contributed by atoms with Crippen LogP contribution in [0.2, 0.25) is 0 Å². The standard InChI is InChI=1S/C25H29N5O3/c1-17-24(30(32)33)18(2)29(28-17)16-19-8-10-20(11-9-19)25(31)27-23-14-12-22(13-15-23)26-21-6-4-3-5-7-21/h8-15,21,26H,3-7,16H2,1-2H3,(H,27,31). The van der Waals surface area contributed by atoms with E-state index >= 15 is 0 Å². The number of aromatic nitrogens is 2. The Labute approximate surface area is 193 Å². The molecule has 0 atom stereocenters. The van der Waals surface area contributed by atoms with Gasteiger partial charge in [0.1, 0.15) is 11.4 Å². The van der Waals surface area contributed by atoms with E-state index in [-0.39, 0.29) is 11.6 Å². The van der Waals surface area contributed by atoms with Crippen molar-refractivity contribution in [3.8, 4) is 0 Å².